The maximum absolute atomic E-state index is 13.0. The summed E-state index contributed by atoms with van der Waals surface area (Å²) in [6, 6.07) is 15.4. The molecule has 0 saturated heterocycles. The summed E-state index contributed by atoms with van der Waals surface area (Å²) < 4.78 is 0. The molecule has 3 aromatic rings. The van der Waals surface area contributed by atoms with Crippen LogP contribution in [0.2, 0.25) is 5.02 Å². The normalized spacial score (nSPS) is 16.5. The minimum Gasteiger partial charge on any atom is -0.295 e. The van der Waals surface area contributed by atoms with Gasteiger partial charge in [-0.15, -0.1) is 0 Å². The molecule has 2 aromatic carbocycles. The van der Waals surface area contributed by atoms with Gasteiger partial charge in [-0.05, 0) is 43.7 Å². The minimum absolute atomic E-state index is 0.0850. The summed E-state index contributed by atoms with van der Waals surface area (Å²) in [7, 11) is 0. The van der Waals surface area contributed by atoms with Crippen molar-refractivity contribution >= 4 is 23.2 Å². The molecule has 120 valence electrons. The van der Waals surface area contributed by atoms with Gasteiger partial charge in [0.1, 0.15) is 0 Å². The second kappa shape index (κ2) is 5.49. The van der Waals surface area contributed by atoms with Gasteiger partial charge >= 0.3 is 0 Å². The third kappa shape index (κ3) is 2.22. The highest BCUT2D eigenvalue weighted by molar-refractivity contribution is 6.30. The van der Waals surface area contributed by atoms with Crippen molar-refractivity contribution in [2.24, 2.45) is 0 Å². The average molecular weight is 338 g/mol. The lowest BCUT2D eigenvalue weighted by Gasteiger charge is -2.26. The van der Waals surface area contributed by atoms with E-state index < -0.39 is 0 Å². The Balaban J connectivity index is 1.89. The van der Waals surface area contributed by atoms with Crippen LogP contribution in [0.25, 0.3) is 0 Å². The number of aromatic nitrogens is 2. The van der Waals surface area contributed by atoms with Gasteiger partial charge in [0, 0.05) is 22.0 Å². The zero-order chi connectivity index (χ0) is 16.8. The quantitative estimate of drug-likeness (QED) is 0.752. The molecule has 1 amide bonds. The zero-order valence-corrected chi connectivity index (χ0v) is 14.1. The summed E-state index contributed by atoms with van der Waals surface area (Å²) >= 11 is 6.03. The summed E-state index contributed by atoms with van der Waals surface area (Å²) in [6.07, 6.45) is 0. The fourth-order valence-corrected chi connectivity index (χ4v) is 3.35. The number of nitrogens with zero attached hydrogens (tertiary/aromatic N) is 2. The molecule has 1 N–H and O–H groups in total. The third-order valence-electron chi connectivity index (χ3n) is 4.45. The van der Waals surface area contributed by atoms with Crippen LogP contribution in [0, 0.1) is 13.8 Å². The van der Waals surface area contributed by atoms with Gasteiger partial charge in [0.2, 0.25) is 0 Å². The molecule has 4 rings (SSSR count). The number of nitrogens with one attached hydrogen (secondary N) is 1. The molecule has 1 atom stereocenters. The Bertz CT molecular complexity index is 913. The number of anilines is 1. The highest BCUT2D eigenvalue weighted by Crippen LogP contribution is 2.42. The van der Waals surface area contributed by atoms with Crippen molar-refractivity contribution in [1.82, 2.24) is 10.2 Å². The van der Waals surface area contributed by atoms with Crippen molar-refractivity contribution in [1.29, 1.82) is 0 Å². The first-order valence-electron chi connectivity index (χ1n) is 7.77. The summed E-state index contributed by atoms with van der Waals surface area (Å²) in [4.78, 5) is 14.8. The molecule has 1 aromatic heterocycles. The maximum atomic E-state index is 13.0. The minimum atomic E-state index is -0.203. The second-order valence-corrected chi connectivity index (χ2v) is 6.51. The predicted molar refractivity (Wildman–Crippen MR) is 94.6 cm³/mol. The number of halogens is 1. The molecule has 2 heterocycles. The van der Waals surface area contributed by atoms with Crippen LogP contribution in [0.4, 0.5) is 5.69 Å². The van der Waals surface area contributed by atoms with Gasteiger partial charge < -0.3 is 0 Å². The molecular weight excluding hydrogens is 322 g/mol. The third-order valence-corrected chi connectivity index (χ3v) is 4.70. The zero-order valence-electron chi connectivity index (χ0n) is 13.4. The Morgan fingerprint density at radius 3 is 2.38 bits per heavy atom. The number of fused-ring (bicyclic) bond motifs is 1. The molecule has 0 saturated carbocycles. The fraction of sp³-hybridized carbons (Fsp3) is 0.158. The number of hydrogen-bond acceptors (Lipinski definition) is 2. The largest absolute Gasteiger partial charge is 0.295 e. The molecule has 0 fully saturated rings. The summed E-state index contributed by atoms with van der Waals surface area (Å²) in [5.74, 6) is -0.0850. The highest BCUT2D eigenvalue weighted by Gasteiger charge is 2.42. The number of aryl methyl sites for hydroxylation is 2. The standard InChI is InChI=1S/C19H16ClN3O/c1-11-3-9-15(10-4-11)23-18(13-5-7-14(20)8-6-13)16-12(2)21-22-17(16)19(23)24/h3-10,18H,1-2H3,(H,21,22)/t18-/m1/s1. The Kier molecular flexibility index (Phi) is 3.43. The van der Waals surface area contributed by atoms with E-state index in [2.05, 4.69) is 10.2 Å². The number of amides is 1. The van der Waals surface area contributed by atoms with Crippen LogP contribution in [0.15, 0.2) is 48.5 Å². The van der Waals surface area contributed by atoms with E-state index in [0.29, 0.717) is 10.7 Å². The Morgan fingerprint density at radius 1 is 1.04 bits per heavy atom. The molecule has 0 spiro atoms. The van der Waals surface area contributed by atoms with E-state index in [1.807, 2.05) is 62.4 Å². The molecule has 5 heteroatoms. The fourth-order valence-electron chi connectivity index (χ4n) is 3.23. The molecule has 0 unspecified atom stereocenters. The molecule has 0 radical (unpaired) electrons. The van der Waals surface area contributed by atoms with Crippen molar-refractivity contribution in [2.75, 3.05) is 4.90 Å². The average Bonchev–Trinajstić information content (AvgIpc) is 3.09. The van der Waals surface area contributed by atoms with Gasteiger partial charge in [0.25, 0.3) is 5.91 Å². The molecule has 0 bridgehead atoms. The monoisotopic (exact) mass is 337 g/mol. The first-order chi connectivity index (χ1) is 11.6. The molecule has 1 aliphatic rings. The topological polar surface area (TPSA) is 49.0 Å². The van der Waals surface area contributed by atoms with Gasteiger partial charge in [-0.2, -0.15) is 5.10 Å². The van der Waals surface area contributed by atoms with Crippen molar-refractivity contribution in [3.8, 4) is 0 Å². The van der Waals surface area contributed by atoms with Crippen LogP contribution in [-0.4, -0.2) is 16.1 Å². The summed E-state index contributed by atoms with van der Waals surface area (Å²) in [5.41, 5.74) is 5.37. The molecule has 4 nitrogen and oxygen atoms in total. The Hall–Kier alpha value is -2.59. The first-order valence-corrected chi connectivity index (χ1v) is 8.14. The number of H-pyrrole nitrogens is 1. The predicted octanol–water partition coefficient (Wildman–Crippen LogP) is 4.43. The lowest BCUT2D eigenvalue weighted by Crippen LogP contribution is -2.29. The van der Waals surface area contributed by atoms with Gasteiger partial charge in [0.15, 0.2) is 5.69 Å². The Morgan fingerprint density at radius 2 is 1.71 bits per heavy atom. The van der Waals surface area contributed by atoms with Crippen LogP contribution in [0.1, 0.15) is 38.9 Å². The van der Waals surface area contributed by atoms with Crippen molar-refractivity contribution in [2.45, 2.75) is 19.9 Å². The lowest BCUT2D eigenvalue weighted by molar-refractivity contribution is 0.0988. The van der Waals surface area contributed by atoms with Gasteiger partial charge in [-0.1, -0.05) is 41.4 Å². The van der Waals surface area contributed by atoms with Crippen molar-refractivity contribution in [3.63, 3.8) is 0 Å². The van der Waals surface area contributed by atoms with E-state index in [-0.39, 0.29) is 11.9 Å². The van der Waals surface area contributed by atoms with Crippen molar-refractivity contribution < 1.29 is 4.79 Å². The van der Waals surface area contributed by atoms with E-state index in [1.165, 1.54) is 0 Å². The first kappa shape index (κ1) is 15.0. The number of carbonyl (C=O) groups excluding carboxylic acids is 1. The number of carbonyl (C=O) groups is 1. The Labute approximate surface area is 145 Å². The molecule has 1 aliphatic heterocycles. The van der Waals surface area contributed by atoms with Gasteiger partial charge in [-0.25, -0.2) is 0 Å². The van der Waals surface area contributed by atoms with Crippen molar-refractivity contribution in [3.05, 3.63) is 81.6 Å². The van der Waals surface area contributed by atoms with E-state index in [1.54, 1.807) is 4.90 Å². The van der Waals surface area contributed by atoms with E-state index in [0.717, 1.165) is 28.1 Å². The second-order valence-electron chi connectivity index (χ2n) is 6.08. The van der Waals surface area contributed by atoms with Gasteiger partial charge in [-0.3, -0.25) is 14.8 Å². The number of benzene rings is 2. The van der Waals surface area contributed by atoms with Crippen LogP contribution in [0.3, 0.4) is 0 Å². The molecule has 0 aliphatic carbocycles. The SMILES string of the molecule is Cc1ccc(N2C(=O)c3n[nH]c(C)c3[C@H]2c2ccc(Cl)cc2)cc1. The van der Waals surface area contributed by atoms with Crippen LogP contribution >= 0.6 is 11.6 Å². The van der Waals surface area contributed by atoms with Crippen LogP contribution in [0.5, 0.6) is 0 Å². The summed E-state index contributed by atoms with van der Waals surface area (Å²) in [6.45, 7) is 3.97. The lowest BCUT2D eigenvalue weighted by atomic mass is 9.99. The van der Waals surface area contributed by atoms with Crippen LogP contribution < -0.4 is 4.90 Å². The summed E-state index contributed by atoms with van der Waals surface area (Å²) in [5, 5.41) is 7.83. The van der Waals surface area contributed by atoms with Crippen LogP contribution in [-0.2, 0) is 0 Å². The van der Waals surface area contributed by atoms with E-state index >= 15 is 0 Å². The van der Waals surface area contributed by atoms with E-state index in [9.17, 15) is 4.79 Å². The number of aromatic amines is 1. The van der Waals surface area contributed by atoms with E-state index in [4.69, 9.17) is 11.6 Å². The smallest absolute Gasteiger partial charge is 0.279 e. The molecule has 24 heavy (non-hydrogen) atoms. The highest BCUT2D eigenvalue weighted by atomic mass is 35.5. The number of hydrogen-bond donors (Lipinski definition) is 1. The molecular formula is C19H16ClN3O. The van der Waals surface area contributed by atoms with Gasteiger partial charge in [0.05, 0.1) is 6.04 Å². The maximum Gasteiger partial charge on any atom is 0.279 e. The number of rotatable bonds is 2.